The van der Waals surface area contributed by atoms with Crippen LogP contribution in [0.1, 0.15) is 5.56 Å². The average molecular weight is 270 g/mol. The number of hydrogen-bond donors (Lipinski definition) is 1. The smallest absolute Gasteiger partial charge is 0.343 e. The first-order valence-corrected chi connectivity index (χ1v) is 5.94. The number of phenolic OH excluding ortho intramolecular Hbond substituents is 1. The molecule has 4 heteroatoms. The van der Waals surface area contributed by atoms with Gasteiger partial charge < -0.3 is 14.6 Å². The fourth-order valence-corrected chi connectivity index (χ4v) is 1.59. The van der Waals surface area contributed by atoms with Crippen LogP contribution in [0.3, 0.4) is 0 Å². The molecule has 0 aliphatic heterocycles. The van der Waals surface area contributed by atoms with Gasteiger partial charge >= 0.3 is 5.97 Å². The molecule has 0 radical (unpaired) electrons. The molecule has 2 rings (SSSR count). The van der Waals surface area contributed by atoms with Gasteiger partial charge in [0.2, 0.25) is 0 Å². The summed E-state index contributed by atoms with van der Waals surface area (Å²) >= 11 is 0. The van der Waals surface area contributed by atoms with E-state index in [1.54, 1.807) is 31.4 Å². The largest absolute Gasteiger partial charge is 0.508 e. The summed E-state index contributed by atoms with van der Waals surface area (Å²) in [5.41, 5.74) is 0.912. The highest BCUT2D eigenvalue weighted by atomic mass is 16.5. The molecular formula is C16H14O4. The van der Waals surface area contributed by atoms with Crippen LogP contribution >= 0.6 is 0 Å². The highest BCUT2D eigenvalue weighted by Crippen LogP contribution is 2.21. The van der Waals surface area contributed by atoms with E-state index in [0.717, 1.165) is 0 Å². The van der Waals surface area contributed by atoms with Gasteiger partial charge in [0.25, 0.3) is 0 Å². The Morgan fingerprint density at radius 3 is 2.10 bits per heavy atom. The van der Waals surface area contributed by atoms with Crippen molar-refractivity contribution in [3.8, 4) is 17.2 Å². The number of carbonyl (C=O) groups is 1. The molecule has 0 heterocycles. The van der Waals surface area contributed by atoms with Gasteiger partial charge in [0.15, 0.2) is 0 Å². The van der Waals surface area contributed by atoms with Gasteiger partial charge in [-0.05, 0) is 42.0 Å². The second-order valence-electron chi connectivity index (χ2n) is 4.09. The minimum Gasteiger partial charge on any atom is -0.508 e. The summed E-state index contributed by atoms with van der Waals surface area (Å²) < 4.78 is 10.2. The highest BCUT2D eigenvalue weighted by molar-refractivity contribution is 6.16. The van der Waals surface area contributed by atoms with Crippen molar-refractivity contribution in [2.45, 2.75) is 0 Å². The molecule has 0 aliphatic carbocycles. The number of hydrogen-bond acceptors (Lipinski definition) is 4. The van der Waals surface area contributed by atoms with E-state index >= 15 is 0 Å². The van der Waals surface area contributed by atoms with Crippen molar-refractivity contribution in [2.24, 2.45) is 0 Å². The minimum absolute atomic E-state index is 0.110. The van der Waals surface area contributed by atoms with Crippen molar-refractivity contribution in [1.29, 1.82) is 0 Å². The second-order valence-corrected chi connectivity index (χ2v) is 4.09. The van der Waals surface area contributed by atoms with Gasteiger partial charge in [-0.15, -0.1) is 0 Å². The van der Waals surface area contributed by atoms with Crippen LogP contribution in [-0.2, 0) is 4.79 Å². The van der Waals surface area contributed by atoms with Crippen LogP contribution in [0.2, 0.25) is 0 Å². The lowest BCUT2D eigenvalue weighted by Crippen LogP contribution is -2.09. The summed E-state index contributed by atoms with van der Waals surface area (Å²) in [4.78, 5) is 11.9. The first-order chi connectivity index (χ1) is 9.60. The van der Waals surface area contributed by atoms with E-state index in [1.165, 1.54) is 24.3 Å². The van der Waals surface area contributed by atoms with E-state index in [1.807, 2.05) is 0 Å². The Kier molecular flexibility index (Phi) is 4.05. The van der Waals surface area contributed by atoms with Gasteiger partial charge in [-0.1, -0.05) is 18.7 Å². The Balaban J connectivity index is 2.07. The predicted octanol–water partition coefficient (Wildman–Crippen LogP) is 3.02. The van der Waals surface area contributed by atoms with Crippen molar-refractivity contribution in [2.75, 3.05) is 7.11 Å². The van der Waals surface area contributed by atoms with Gasteiger partial charge in [-0.2, -0.15) is 0 Å². The molecule has 102 valence electrons. The lowest BCUT2D eigenvalue weighted by atomic mass is 10.1. The fraction of sp³-hybridized carbons (Fsp3) is 0.0625. The van der Waals surface area contributed by atoms with E-state index in [9.17, 15) is 4.79 Å². The fourth-order valence-electron chi connectivity index (χ4n) is 1.59. The maximum Gasteiger partial charge on any atom is 0.343 e. The number of aromatic hydroxyl groups is 1. The summed E-state index contributed by atoms with van der Waals surface area (Å²) in [6.45, 7) is 3.73. The van der Waals surface area contributed by atoms with Gasteiger partial charge in [-0.25, -0.2) is 4.79 Å². The molecule has 0 fully saturated rings. The van der Waals surface area contributed by atoms with Crippen LogP contribution in [0, 0.1) is 0 Å². The van der Waals surface area contributed by atoms with E-state index in [4.69, 9.17) is 14.6 Å². The van der Waals surface area contributed by atoms with Crippen molar-refractivity contribution in [1.82, 2.24) is 0 Å². The van der Waals surface area contributed by atoms with Crippen molar-refractivity contribution in [3.05, 3.63) is 60.7 Å². The predicted molar refractivity (Wildman–Crippen MR) is 75.8 cm³/mol. The molecular weight excluding hydrogens is 256 g/mol. The number of esters is 1. The molecule has 2 aromatic rings. The van der Waals surface area contributed by atoms with E-state index in [2.05, 4.69) is 6.58 Å². The molecule has 20 heavy (non-hydrogen) atoms. The first kappa shape index (κ1) is 13.7. The summed E-state index contributed by atoms with van der Waals surface area (Å²) in [5, 5.41) is 9.16. The molecule has 0 spiro atoms. The third-order valence-corrected chi connectivity index (χ3v) is 2.73. The molecule has 0 saturated carbocycles. The van der Waals surface area contributed by atoms with Crippen LogP contribution in [0.5, 0.6) is 17.2 Å². The summed E-state index contributed by atoms with van der Waals surface area (Å²) in [6.07, 6.45) is 0. The molecule has 0 saturated heterocycles. The van der Waals surface area contributed by atoms with Gasteiger partial charge in [-0.3, -0.25) is 0 Å². The average Bonchev–Trinajstić information content (AvgIpc) is 2.49. The van der Waals surface area contributed by atoms with E-state index < -0.39 is 5.97 Å². The quantitative estimate of drug-likeness (QED) is 0.527. The van der Waals surface area contributed by atoms with Gasteiger partial charge in [0, 0.05) is 0 Å². The molecule has 0 aromatic heterocycles. The zero-order valence-electron chi connectivity index (χ0n) is 11.0. The molecule has 4 nitrogen and oxygen atoms in total. The Bertz CT molecular complexity index is 612. The van der Waals surface area contributed by atoms with Crippen LogP contribution in [0.25, 0.3) is 5.57 Å². The van der Waals surface area contributed by atoms with Crippen LogP contribution in [0.4, 0.5) is 0 Å². The maximum atomic E-state index is 11.9. The zero-order valence-corrected chi connectivity index (χ0v) is 11.0. The van der Waals surface area contributed by atoms with Crippen LogP contribution in [-0.4, -0.2) is 18.2 Å². The molecule has 0 amide bonds. The van der Waals surface area contributed by atoms with Gasteiger partial charge in [0.05, 0.1) is 12.7 Å². The summed E-state index contributed by atoms with van der Waals surface area (Å²) in [6, 6.07) is 12.9. The number of ether oxygens (including phenoxy) is 2. The van der Waals surface area contributed by atoms with Crippen molar-refractivity contribution >= 4 is 11.5 Å². The summed E-state index contributed by atoms with van der Waals surface area (Å²) in [7, 11) is 1.57. The number of methoxy groups -OCH3 is 1. The SMILES string of the molecule is C=C(C(=O)Oc1ccc(O)cc1)c1ccc(OC)cc1. The van der Waals surface area contributed by atoms with E-state index in [0.29, 0.717) is 17.1 Å². The number of phenols is 1. The highest BCUT2D eigenvalue weighted by Gasteiger charge is 2.12. The number of benzene rings is 2. The van der Waals surface area contributed by atoms with Crippen molar-refractivity contribution in [3.63, 3.8) is 0 Å². The zero-order chi connectivity index (χ0) is 14.5. The lowest BCUT2D eigenvalue weighted by molar-refractivity contribution is -0.127. The topological polar surface area (TPSA) is 55.8 Å². The second kappa shape index (κ2) is 5.93. The molecule has 0 unspecified atom stereocenters. The maximum absolute atomic E-state index is 11.9. The third kappa shape index (κ3) is 3.17. The summed E-state index contributed by atoms with van der Waals surface area (Å²) in [5.74, 6) is 0.621. The van der Waals surface area contributed by atoms with E-state index in [-0.39, 0.29) is 11.3 Å². The third-order valence-electron chi connectivity index (χ3n) is 2.73. The Labute approximate surface area is 116 Å². The first-order valence-electron chi connectivity index (χ1n) is 5.94. The lowest BCUT2D eigenvalue weighted by Gasteiger charge is -2.07. The minimum atomic E-state index is -0.541. The Morgan fingerprint density at radius 2 is 1.55 bits per heavy atom. The molecule has 0 atom stereocenters. The molecule has 2 aromatic carbocycles. The standard InChI is InChI=1S/C16H14O4/c1-11(12-3-7-14(19-2)8-4-12)16(18)20-15-9-5-13(17)6-10-15/h3-10,17H,1H2,2H3. The molecule has 0 aliphatic rings. The Hall–Kier alpha value is -2.75. The monoisotopic (exact) mass is 270 g/mol. The number of rotatable bonds is 4. The van der Waals surface area contributed by atoms with Crippen LogP contribution < -0.4 is 9.47 Å². The number of carbonyl (C=O) groups excluding carboxylic acids is 1. The van der Waals surface area contributed by atoms with Gasteiger partial charge in [0.1, 0.15) is 17.2 Å². The van der Waals surface area contributed by atoms with Crippen molar-refractivity contribution < 1.29 is 19.4 Å². The normalized spacial score (nSPS) is 9.85. The molecule has 0 bridgehead atoms. The van der Waals surface area contributed by atoms with Crippen LogP contribution in [0.15, 0.2) is 55.1 Å². The Morgan fingerprint density at radius 1 is 1.00 bits per heavy atom. The molecule has 1 N–H and O–H groups in total.